The van der Waals surface area contributed by atoms with Crippen LogP contribution in [0.4, 0.5) is 0 Å². The van der Waals surface area contributed by atoms with Gasteiger partial charge in [-0.15, -0.1) is 0 Å². The van der Waals surface area contributed by atoms with Crippen LogP contribution in [0.25, 0.3) is 0 Å². The minimum atomic E-state index is 0.244. The summed E-state index contributed by atoms with van der Waals surface area (Å²) in [4.78, 5) is 2.60. The summed E-state index contributed by atoms with van der Waals surface area (Å²) in [5, 5.41) is 0. The number of allylic oxidation sites excluding steroid dienone is 1. The van der Waals surface area contributed by atoms with Crippen LogP contribution in [0.15, 0.2) is 36.0 Å². The van der Waals surface area contributed by atoms with Crippen molar-refractivity contribution in [2.75, 3.05) is 13.1 Å². The first kappa shape index (κ1) is 17.6. The molecule has 2 atom stereocenters. The third-order valence-electron chi connectivity index (χ3n) is 6.03. The molecule has 2 aliphatic rings. The average Bonchev–Trinajstić information content (AvgIpc) is 2.54. The van der Waals surface area contributed by atoms with Gasteiger partial charge in [0, 0.05) is 13.1 Å². The summed E-state index contributed by atoms with van der Waals surface area (Å²) >= 11 is 0. The number of nitrogens with zero attached hydrogens (tertiary/aromatic N) is 1. The number of rotatable bonds is 3. The van der Waals surface area contributed by atoms with E-state index in [0.29, 0.717) is 0 Å². The Balaban J connectivity index is 1.58. The summed E-state index contributed by atoms with van der Waals surface area (Å²) in [5.41, 5.74) is 4.60. The smallest absolute Gasteiger partial charge is 0.0203 e. The average molecular weight is 326 g/mol. The molecule has 3 rings (SSSR count). The zero-order valence-corrected chi connectivity index (χ0v) is 16.1. The van der Waals surface area contributed by atoms with E-state index in [9.17, 15) is 0 Å². The zero-order chi connectivity index (χ0) is 17.2. The molecular weight excluding hydrogens is 290 g/mol. The van der Waals surface area contributed by atoms with E-state index in [-0.39, 0.29) is 5.41 Å². The molecule has 1 aliphatic carbocycles. The molecule has 1 heterocycles. The number of likely N-dealkylation sites (tertiary alicyclic amines) is 1. The number of hydrogen-bond acceptors (Lipinski definition) is 1. The molecule has 1 heteroatoms. The molecule has 0 N–H and O–H groups in total. The Morgan fingerprint density at radius 3 is 2.38 bits per heavy atom. The van der Waals surface area contributed by atoms with Gasteiger partial charge < -0.3 is 4.90 Å². The van der Waals surface area contributed by atoms with Gasteiger partial charge in [-0.05, 0) is 60.8 Å². The molecule has 132 valence electrons. The van der Waals surface area contributed by atoms with Crippen molar-refractivity contribution in [3.63, 3.8) is 0 Å². The molecule has 1 saturated carbocycles. The largest absolute Gasteiger partial charge is 0.377 e. The highest BCUT2D eigenvalue weighted by Gasteiger charge is 2.30. The molecule has 2 unspecified atom stereocenters. The monoisotopic (exact) mass is 325 g/mol. The minimum absolute atomic E-state index is 0.244. The second-order valence-corrected chi connectivity index (χ2v) is 9.19. The maximum absolute atomic E-state index is 2.60. The van der Waals surface area contributed by atoms with Gasteiger partial charge in [0.05, 0.1) is 0 Å². The van der Waals surface area contributed by atoms with E-state index in [0.717, 1.165) is 18.3 Å². The Kier molecular flexibility index (Phi) is 5.37. The van der Waals surface area contributed by atoms with Gasteiger partial charge in [0.15, 0.2) is 0 Å². The van der Waals surface area contributed by atoms with Crippen molar-refractivity contribution >= 4 is 0 Å². The molecule has 0 spiro atoms. The molecule has 0 aromatic heterocycles. The summed E-state index contributed by atoms with van der Waals surface area (Å²) < 4.78 is 0. The predicted octanol–water partition coefficient (Wildman–Crippen LogP) is 5.94. The van der Waals surface area contributed by atoms with E-state index in [1.54, 1.807) is 0 Å². The van der Waals surface area contributed by atoms with Crippen molar-refractivity contribution in [2.24, 2.45) is 11.8 Å². The summed E-state index contributed by atoms with van der Waals surface area (Å²) in [6, 6.07) is 9.23. The number of benzene rings is 1. The van der Waals surface area contributed by atoms with Gasteiger partial charge >= 0.3 is 0 Å². The van der Waals surface area contributed by atoms with Gasteiger partial charge in [-0.3, -0.25) is 0 Å². The third kappa shape index (κ3) is 4.43. The van der Waals surface area contributed by atoms with Crippen LogP contribution >= 0.6 is 0 Å². The van der Waals surface area contributed by atoms with E-state index < -0.39 is 0 Å². The van der Waals surface area contributed by atoms with Crippen molar-refractivity contribution in [2.45, 2.75) is 71.6 Å². The number of piperidine rings is 1. The second kappa shape index (κ2) is 7.33. The van der Waals surface area contributed by atoms with Crippen LogP contribution in [0.3, 0.4) is 0 Å². The lowest BCUT2D eigenvalue weighted by molar-refractivity contribution is 0.117. The molecule has 24 heavy (non-hydrogen) atoms. The van der Waals surface area contributed by atoms with Gasteiger partial charge in [0.25, 0.3) is 0 Å². The summed E-state index contributed by atoms with van der Waals surface area (Å²) in [7, 11) is 0. The fourth-order valence-corrected chi connectivity index (χ4v) is 4.55. The molecule has 1 aliphatic heterocycles. The highest BCUT2D eigenvalue weighted by molar-refractivity contribution is 5.29. The predicted molar refractivity (Wildman–Crippen MR) is 104 cm³/mol. The van der Waals surface area contributed by atoms with Crippen LogP contribution in [-0.4, -0.2) is 18.0 Å². The van der Waals surface area contributed by atoms with Gasteiger partial charge in [0.1, 0.15) is 0 Å². The molecule has 2 fully saturated rings. The zero-order valence-electron chi connectivity index (χ0n) is 16.1. The highest BCUT2D eigenvalue weighted by Crippen LogP contribution is 2.36. The second-order valence-electron chi connectivity index (χ2n) is 9.19. The van der Waals surface area contributed by atoms with Crippen molar-refractivity contribution in [1.82, 2.24) is 4.90 Å². The lowest BCUT2D eigenvalue weighted by Crippen LogP contribution is -2.39. The Morgan fingerprint density at radius 2 is 1.71 bits per heavy atom. The summed E-state index contributed by atoms with van der Waals surface area (Å²) in [5.74, 6) is 1.98. The molecule has 0 bridgehead atoms. The van der Waals surface area contributed by atoms with Crippen LogP contribution in [0.2, 0.25) is 0 Å². The molecule has 0 amide bonds. The summed E-state index contributed by atoms with van der Waals surface area (Å²) in [6.07, 6.45) is 10.8. The van der Waals surface area contributed by atoms with Crippen LogP contribution in [0.5, 0.6) is 0 Å². The molecule has 1 aromatic rings. The van der Waals surface area contributed by atoms with E-state index in [1.165, 1.54) is 61.9 Å². The maximum atomic E-state index is 2.60. The molecule has 1 saturated heterocycles. The van der Waals surface area contributed by atoms with Crippen molar-refractivity contribution < 1.29 is 0 Å². The van der Waals surface area contributed by atoms with Gasteiger partial charge in [-0.25, -0.2) is 0 Å². The Morgan fingerprint density at radius 1 is 1.04 bits per heavy atom. The fraction of sp³-hybridized carbons (Fsp3) is 0.652. The van der Waals surface area contributed by atoms with Crippen LogP contribution < -0.4 is 0 Å². The molecular formula is C23H35N. The SMILES string of the molecule is CC(=CN1CCC2CCCCC2C1)Cc1ccc(C(C)(C)C)cc1. The quantitative estimate of drug-likeness (QED) is 0.664. The molecule has 0 radical (unpaired) electrons. The van der Waals surface area contributed by atoms with E-state index in [1.807, 2.05) is 0 Å². The number of hydrogen-bond donors (Lipinski definition) is 0. The maximum Gasteiger partial charge on any atom is 0.0203 e. The van der Waals surface area contributed by atoms with E-state index >= 15 is 0 Å². The standard InChI is InChI=1S/C23H35N/c1-18(15-19-9-11-22(12-10-19)23(2,3)4)16-24-14-13-20-7-5-6-8-21(20)17-24/h9-12,16,20-21H,5-8,13-15,17H2,1-4H3. The summed E-state index contributed by atoms with van der Waals surface area (Å²) in [6.45, 7) is 11.7. The van der Waals surface area contributed by atoms with Crippen molar-refractivity contribution in [3.05, 3.63) is 47.2 Å². The molecule has 1 nitrogen and oxygen atoms in total. The third-order valence-corrected chi connectivity index (χ3v) is 6.03. The first-order valence-corrected chi connectivity index (χ1v) is 9.92. The van der Waals surface area contributed by atoms with Gasteiger partial charge in [0.2, 0.25) is 0 Å². The van der Waals surface area contributed by atoms with Crippen molar-refractivity contribution in [3.8, 4) is 0 Å². The lowest BCUT2D eigenvalue weighted by atomic mass is 9.75. The Labute approximate surface area is 149 Å². The van der Waals surface area contributed by atoms with Crippen LogP contribution in [-0.2, 0) is 11.8 Å². The first-order chi connectivity index (χ1) is 11.4. The topological polar surface area (TPSA) is 3.24 Å². The first-order valence-electron chi connectivity index (χ1n) is 9.92. The van der Waals surface area contributed by atoms with Crippen LogP contribution in [0, 0.1) is 11.8 Å². The lowest BCUT2D eigenvalue weighted by Gasteiger charge is -2.41. The van der Waals surface area contributed by atoms with E-state index in [2.05, 4.69) is 63.1 Å². The Hall–Kier alpha value is -1.24. The highest BCUT2D eigenvalue weighted by atomic mass is 15.1. The minimum Gasteiger partial charge on any atom is -0.377 e. The number of fused-ring (bicyclic) bond motifs is 1. The van der Waals surface area contributed by atoms with Gasteiger partial charge in [-0.2, -0.15) is 0 Å². The van der Waals surface area contributed by atoms with Crippen molar-refractivity contribution in [1.29, 1.82) is 0 Å². The molecule has 1 aromatic carbocycles. The van der Waals surface area contributed by atoms with Gasteiger partial charge in [-0.1, -0.05) is 69.9 Å². The van der Waals surface area contributed by atoms with Crippen LogP contribution in [0.1, 0.15) is 70.9 Å². The Bertz CT molecular complexity index is 561. The van der Waals surface area contributed by atoms with E-state index in [4.69, 9.17) is 0 Å². The fourth-order valence-electron chi connectivity index (χ4n) is 4.55. The normalized spacial score (nSPS) is 25.5.